The summed E-state index contributed by atoms with van der Waals surface area (Å²) in [6.07, 6.45) is 8.17. The molecule has 1 aliphatic carbocycles. The van der Waals surface area contributed by atoms with Crippen LogP contribution in [0, 0.1) is 17.8 Å². The molecule has 0 radical (unpaired) electrons. The van der Waals surface area contributed by atoms with Crippen LogP contribution >= 0.6 is 0 Å². The Bertz CT molecular complexity index is 509. The maximum Gasteiger partial charge on any atom is 0.179 e. The van der Waals surface area contributed by atoms with Gasteiger partial charge < -0.3 is 4.57 Å². The molecule has 3 rings (SSSR count). The first-order valence-corrected chi connectivity index (χ1v) is 7.09. The lowest BCUT2D eigenvalue weighted by Gasteiger charge is -2.16. The average Bonchev–Trinajstić information content (AvgIpc) is 2.82. The molecule has 0 spiro atoms. The number of fused-ring (bicyclic) bond motifs is 1. The summed E-state index contributed by atoms with van der Waals surface area (Å²) < 4.78 is 2.10. The molecule has 18 heavy (non-hydrogen) atoms. The molecule has 2 aliphatic rings. The van der Waals surface area contributed by atoms with Crippen molar-refractivity contribution < 1.29 is 4.79 Å². The fourth-order valence-corrected chi connectivity index (χ4v) is 3.01. The molecule has 1 aromatic heterocycles. The van der Waals surface area contributed by atoms with Crippen LogP contribution < -0.4 is 0 Å². The number of nitrogens with zero attached hydrogens (tertiary/aromatic N) is 1. The topological polar surface area (TPSA) is 22.0 Å². The second-order valence-electron chi connectivity index (χ2n) is 5.39. The minimum Gasteiger partial charge on any atom is -0.332 e. The normalized spacial score (nSPS) is 20.1. The number of carbonyl (C=O) groups excluding carboxylic acids is 1. The fourth-order valence-electron chi connectivity index (χ4n) is 3.01. The number of hydrogen-bond donors (Lipinski definition) is 0. The second kappa shape index (κ2) is 5.02. The summed E-state index contributed by atoms with van der Waals surface area (Å²) in [5.74, 6) is 7.55. The zero-order chi connectivity index (χ0) is 12.4. The van der Waals surface area contributed by atoms with Crippen molar-refractivity contribution in [1.82, 2.24) is 4.57 Å². The van der Waals surface area contributed by atoms with E-state index in [-0.39, 0.29) is 5.78 Å². The molecule has 1 aliphatic heterocycles. The zero-order valence-corrected chi connectivity index (χ0v) is 10.7. The SMILES string of the molecule is O=C1CCCn2c(C#CC3CCCCC3)ccc21. The molecule has 2 heteroatoms. The van der Waals surface area contributed by atoms with Crippen molar-refractivity contribution in [2.24, 2.45) is 5.92 Å². The number of ketones is 1. The van der Waals surface area contributed by atoms with Crippen LogP contribution in [0.4, 0.5) is 0 Å². The second-order valence-corrected chi connectivity index (χ2v) is 5.39. The van der Waals surface area contributed by atoms with Gasteiger partial charge in [-0.3, -0.25) is 4.79 Å². The van der Waals surface area contributed by atoms with Gasteiger partial charge in [-0.05, 0) is 37.3 Å². The van der Waals surface area contributed by atoms with Gasteiger partial charge in [0.2, 0.25) is 0 Å². The summed E-state index contributed by atoms with van der Waals surface area (Å²) in [6, 6.07) is 3.95. The number of aromatic nitrogens is 1. The van der Waals surface area contributed by atoms with Gasteiger partial charge in [0.05, 0.1) is 11.4 Å². The Hall–Kier alpha value is -1.49. The Morgan fingerprint density at radius 2 is 1.94 bits per heavy atom. The van der Waals surface area contributed by atoms with E-state index in [9.17, 15) is 4.79 Å². The summed E-state index contributed by atoms with van der Waals surface area (Å²) in [4.78, 5) is 11.7. The molecule has 0 N–H and O–H groups in total. The van der Waals surface area contributed by atoms with E-state index in [0.717, 1.165) is 24.4 Å². The predicted molar refractivity (Wildman–Crippen MR) is 71.4 cm³/mol. The summed E-state index contributed by atoms with van der Waals surface area (Å²) in [7, 11) is 0. The molecule has 0 atom stereocenters. The fraction of sp³-hybridized carbons (Fsp3) is 0.562. The van der Waals surface area contributed by atoms with E-state index < -0.39 is 0 Å². The van der Waals surface area contributed by atoms with Gasteiger partial charge in [0.1, 0.15) is 0 Å². The van der Waals surface area contributed by atoms with E-state index in [1.165, 1.54) is 32.1 Å². The van der Waals surface area contributed by atoms with Crippen LogP contribution in [-0.2, 0) is 6.54 Å². The van der Waals surface area contributed by atoms with E-state index in [2.05, 4.69) is 16.4 Å². The van der Waals surface area contributed by atoms with E-state index in [1.54, 1.807) is 0 Å². The molecule has 0 aromatic carbocycles. The smallest absolute Gasteiger partial charge is 0.179 e. The third-order valence-electron chi connectivity index (χ3n) is 4.06. The first kappa shape index (κ1) is 11.6. The Labute approximate surface area is 108 Å². The Morgan fingerprint density at radius 3 is 2.78 bits per heavy atom. The molecule has 0 unspecified atom stereocenters. The Kier molecular flexibility index (Phi) is 3.23. The predicted octanol–water partition coefficient (Wildman–Crippen LogP) is 3.40. The first-order chi connectivity index (χ1) is 8.84. The number of hydrogen-bond acceptors (Lipinski definition) is 1. The van der Waals surface area contributed by atoms with Crippen molar-refractivity contribution in [3.8, 4) is 11.8 Å². The van der Waals surface area contributed by atoms with Gasteiger partial charge >= 0.3 is 0 Å². The van der Waals surface area contributed by atoms with Crippen molar-refractivity contribution in [1.29, 1.82) is 0 Å². The van der Waals surface area contributed by atoms with Crippen LogP contribution in [0.1, 0.15) is 61.1 Å². The summed E-state index contributed by atoms with van der Waals surface area (Å²) in [5, 5.41) is 0. The van der Waals surface area contributed by atoms with Crippen LogP contribution in [-0.4, -0.2) is 10.4 Å². The Morgan fingerprint density at radius 1 is 1.11 bits per heavy atom. The van der Waals surface area contributed by atoms with Gasteiger partial charge in [0.15, 0.2) is 5.78 Å². The molecular weight excluding hydrogens is 222 g/mol. The summed E-state index contributed by atoms with van der Waals surface area (Å²) >= 11 is 0. The average molecular weight is 241 g/mol. The van der Waals surface area contributed by atoms with E-state index in [1.807, 2.05) is 12.1 Å². The maximum atomic E-state index is 11.7. The van der Waals surface area contributed by atoms with Gasteiger partial charge in [-0.25, -0.2) is 0 Å². The van der Waals surface area contributed by atoms with Gasteiger partial charge in [0, 0.05) is 18.9 Å². The van der Waals surface area contributed by atoms with Crippen LogP contribution in [0.5, 0.6) is 0 Å². The maximum absolute atomic E-state index is 11.7. The molecule has 1 aromatic rings. The lowest BCUT2D eigenvalue weighted by atomic mass is 9.90. The largest absolute Gasteiger partial charge is 0.332 e. The summed E-state index contributed by atoms with van der Waals surface area (Å²) in [6.45, 7) is 0.947. The van der Waals surface area contributed by atoms with Gasteiger partial charge in [-0.15, -0.1) is 0 Å². The minimum atomic E-state index is 0.270. The highest BCUT2D eigenvalue weighted by Crippen LogP contribution is 2.23. The zero-order valence-electron chi connectivity index (χ0n) is 10.7. The van der Waals surface area contributed by atoms with Crippen LogP contribution in [0.15, 0.2) is 12.1 Å². The standard InChI is InChI=1S/C16H19NO/c18-16-7-4-12-17-14(10-11-15(16)17)9-8-13-5-2-1-3-6-13/h10-11,13H,1-7,12H2. The van der Waals surface area contributed by atoms with E-state index in [0.29, 0.717) is 12.3 Å². The number of carbonyl (C=O) groups is 1. The van der Waals surface area contributed by atoms with Gasteiger partial charge in [0.25, 0.3) is 0 Å². The highest BCUT2D eigenvalue weighted by Gasteiger charge is 2.18. The van der Waals surface area contributed by atoms with Crippen LogP contribution in [0.2, 0.25) is 0 Å². The molecule has 0 saturated heterocycles. The molecule has 2 nitrogen and oxygen atoms in total. The van der Waals surface area contributed by atoms with Crippen molar-refractivity contribution in [2.75, 3.05) is 0 Å². The van der Waals surface area contributed by atoms with E-state index >= 15 is 0 Å². The highest BCUT2D eigenvalue weighted by atomic mass is 16.1. The molecular formula is C16H19NO. The monoisotopic (exact) mass is 241 g/mol. The van der Waals surface area contributed by atoms with Crippen molar-refractivity contribution in [3.63, 3.8) is 0 Å². The minimum absolute atomic E-state index is 0.270. The number of rotatable bonds is 0. The third kappa shape index (κ3) is 2.22. The van der Waals surface area contributed by atoms with E-state index in [4.69, 9.17) is 0 Å². The van der Waals surface area contributed by atoms with Crippen molar-refractivity contribution >= 4 is 5.78 Å². The van der Waals surface area contributed by atoms with Gasteiger partial charge in [-0.2, -0.15) is 0 Å². The third-order valence-corrected chi connectivity index (χ3v) is 4.06. The van der Waals surface area contributed by atoms with Crippen LogP contribution in [0.3, 0.4) is 0 Å². The Balaban J connectivity index is 1.81. The van der Waals surface area contributed by atoms with Crippen LogP contribution in [0.25, 0.3) is 0 Å². The van der Waals surface area contributed by atoms with Crippen molar-refractivity contribution in [2.45, 2.75) is 51.5 Å². The molecule has 94 valence electrons. The van der Waals surface area contributed by atoms with Crippen molar-refractivity contribution in [3.05, 3.63) is 23.5 Å². The highest BCUT2D eigenvalue weighted by molar-refractivity contribution is 5.95. The molecule has 2 heterocycles. The first-order valence-electron chi connectivity index (χ1n) is 7.09. The summed E-state index contributed by atoms with van der Waals surface area (Å²) in [5.41, 5.74) is 1.89. The lowest BCUT2D eigenvalue weighted by molar-refractivity contribution is 0.0955. The quantitative estimate of drug-likeness (QED) is 0.638. The molecule has 1 fully saturated rings. The van der Waals surface area contributed by atoms with Gasteiger partial charge in [-0.1, -0.05) is 25.2 Å². The number of Topliss-reactive ketones (excluding diaryl/α,β-unsaturated/α-hetero) is 1. The molecule has 0 amide bonds. The lowest BCUT2D eigenvalue weighted by Crippen LogP contribution is -2.17. The molecule has 0 bridgehead atoms. The molecule has 1 saturated carbocycles.